The summed E-state index contributed by atoms with van der Waals surface area (Å²) in [7, 11) is -1.13. The number of hydrogen-bond acceptors (Lipinski definition) is 6. The average molecular weight is 656 g/mol. The molecule has 1 unspecified atom stereocenters. The van der Waals surface area contributed by atoms with E-state index in [0.717, 1.165) is 41.1 Å². The summed E-state index contributed by atoms with van der Waals surface area (Å²) >= 11 is 0. The van der Waals surface area contributed by atoms with Gasteiger partial charge in [-0.1, -0.05) is 73.5 Å². The molecule has 0 spiro atoms. The fourth-order valence-corrected chi connectivity index (χ4v) is 7.30. The number of anilines is 1. The van der Waals surface area contributed by atoms with E-state index in [1.807, 2.05) is 54.6 Å². The van der Waals surface area contributed by atoms with Crippen LogP contribution in [0.15, 0.2) is 114 Å². The fraction of sp³-hybridized carbons (Fsp3) is 0.297. The Kier molecular flexibility index (Phi) is 11.2. The van der Waals surface area contributed by atoms with Gasteiger partial charge in [-0.05, 0) is 72.5 Å². The second-order valence-electron chi connectivity index (χ2n) is 11.6. The Hall–Kier alpha value is -4.83. The van der Waals surface area contributed by atoms with Crippen LogP contribution in [-0.4, -0.2) is 58.0 Å². The summed E-state index contributed by atoms with van der Waals surface area (Å²) in [5.41, 5.74) is 1.95. The van der Waals surface area contributed by atoms with Crippen LogP contribution >= 0.6 is 0 Å². The zero-order valence-electron chi connectivity index (χ0n) is 26.7. The van der Waals surface area contributed by atoms with E-state index < -0.39 is 28.5 Å². The van der Waals surface area contributed by atoms with Gasteiger partial charge in [-0.25, -0.2) is 8.42 Å². The van der Waals surface area contributed by atoms with Crippen molar-refractivity contribution >= 4 is 27.5 Å². The van der Waals surface area contributed by atoms with Crippen molar-refractivity contribution in [1.29, 1.82) is 0 Å². The van der Waals surface area contributed by atoms with Gasteiger partial charge in [0.05, 0.1) is 24.8 Å². The predicted octanol–water partition coefficient (Wildman–Crippen LogP) is 5.60. The summed E-state index contributed by atoms with van der Waals surface area (Å²) in [6.45, 7) is -0.457. The van der Waals surface area contributed by atoms with Crippen LogP contribution in [0.25, 0.3) is 0 Å². The Labute approximate surface area is 277 Å². The van der Waals surface area contributed by atoms with E-state index in [4.69, 9.17) is 9.47 Å². The minimum atomic E-state index is -4.20. The first-order chi connectivity index (χ1) is 22.8. The maximum atomic E-state index is 14.6. The van der Waals surface area contributed by atoms with E-state index in [1.54, 1.807) is 49.6 Å². The van der Waals surface area contributed by atoms with Crippen LogP contribution in [0.4, 0.5) is 5.69 Å². The minimum Gasteiger partial charge on any atom is -0.497 e. The van der Waals surface area contributed by atoms with E-state index in [2.05, 4.69) is 5.32 Å². The zero-order valence-corrected chi connectivity index (χ0v) is 27.6. The van der Waals surface area contributed by atoms with Gasteiger partial charge in [0.25, 0.3) is 10.0 Å². The molecule has 4 aromatic carbocycles. The van der Waals surface area contributed by atoms with Crippen molar-refractivity contribution in [3.05, 3.63) is 120 Å². The van der Waals surface area contributed by atoms with Crippen LogP contribution < -0.4 is 19.1 Å². The van der Waals surface area contributed by atoms with Gasteiger partial charge in [0.2, 0.25) is 11.8 Å². The summed E-state index contributed by atoms with van der Waals surface area (Å²) < 4.78 is 40.1. The maximum absolute atomic E-state index is 14.6. The van der Waals surface area contributed by atoms with Crippen LogP contribution in [0.5, 0.6) is 11.5 Å². The molecule has 2 amide bonds. The van der Waals surface area contributed by atoms with Crippen LogP contribution in [0.2, 0.25) is 0 Å². The molecule has 9 nitrogen and oxygen atoms in total. The summed E-state index contributed by atoms with van der Waals surface area (Å²) in [6.07, 6.45) is 4.10. The van der Waals surface area contributed by atoms with Crippen LogP contribution in [-0.2, 0) is 32.6 Å². The highest BCUT2D eigenvalue weighted by molar-refractivity contribution is 7.92. The SMILES string of the molecule is COc1ccc(S(=O)(=O)N(CC(=O)N(Cc2cccc(OC)c2)C(Cc2ccccc2)C(=O)NC2CCCC2)c2ccccc2)cc1. The molecule has 0 bridgehead atoms. The number of nitrogens with one attached hydrogen (secondary N) is 1. The topological polar surface area (TPSA) is 105 Å². The molecular formula is C37H41N3O6S. The summed E-state index contributed by atoms with van der Waals surface area (Å²) in [4.78, 5) is 30.3. The normalized spacial score (nSPS) is 13.8. The average Bonchev–Trinajstić information content (AvgIpc) is 3.62. The Morgan fingerprint density at radius 3 is 2.04 bits per heavy atom. The van der Waals surface area contributed by atoms with Gasteiger partial charge in [0, 0.05) is 19.0 Å². The lowest BCUT2D eigenvalue weighted by Crippen LogP contribution is -2.54. The van der Waals surface area contributed by atoms with Gasteiger partial charge >= 0.3 is 0 Å². The van der Waals surface area contributed by atoms with E-state index in [9.17, 15) is 18.0 Å². The van der Waals surface area contributed by atoms with Gasteiger partial charge in [-0.2, -0.15) is 0 Å². The molecule has 1 aliphatic rings. The quantitative estimate of drug-likeness (QED) is 0.190. The van der Waals surface area contributed by atoms with Crippen molar-refractivity contribution in [2.24, 2.45) is 0 Å². The number of nitrogens with zero attached hydrogens (tertiary/aromatic N) is 2. The lowest BCUT2D eigenvalue weighted by Gasteiger charge is -2.34. The second kappa shape index (κ2) is 15.6. The molecule has 0 heterocycles. The summed E-state index contributed by atoms with van der Waals surface area (Å²) in [5, 5.41) is 3.19. The summed E-state index contributed by atoms with van der Waals surface area (Å²) in [6, 6.07) is 30.5. The number of carbonyl (C=O) groups is 2. The third-order valence-corrected chi connectivity index (χ3v) is 10.2. The number of benzene rings is 4. The predicted molar refractivity (Wildman–Crippen MR) is 182 cm³/mol. The number of sulfonamides is 1. The third kappa shape index (κ3) is 8.51. The van der Waals surface area contributed by atoms with Gasteiger partial charge in [-0.15, -0.1) is 0 Å². The molecule has 47 heavy (non-hydrogen) atoms. The molecule has 246 valence electrons. The molecule has 0 aromatic heterocycles. The van der Waals surface area contributed by atoms with Crippen LogP contribution in [0, 0.1) is 0 Å². The second-order valence-corrected chi connectivity index (χ2v) is 13.5. The molecule has 1 N–H and O–H groups in total. The highest BCUT2D eigenvalue weighted by Gasteiger charge is 2.35. The van der Waals surface area contributed by atoms with Gasteiger partial charge in [-0.3, -0.25) is 13.9 Å². The van der Waals surface area contributed by atoms with Crippen molar-refractivity contribution in [2.75, 3.05) is 25.1 Å². The Bertz CT molecular complexity index is 1730. The Morgan fingerprint density at radius 2 is 1.40 bits per heavy atom. The third-order valence-electron chi connectivity index (χ3n) is 8.43. The molecule has 1 aliphatic carbocycles. The molecule has 1 fully saturated rings. The van der Waals surface area contributed by atoms with Crippen molar-refractivity contribution in [1.82, 2.24) is 10.2 Å². The minimum absolute atomic E-state index is 0.00844. The number of para-hydroxylation sites is 1. The number of ether oxygens (including phenoxy) is 2. The first kappa shape index (κ1) is 33.5. The van der Waals surface area contributed by atoms with Gasteiger partial charge < -0.3 is 19.7 Å². The van der Waals surface area contributed by atoms with Crippen molar-refractivity contribution < 1.29 is 27.5 Å². The van der Waals surface area contributed by atoms with E-state index in [1.165, 1.54) is 24.1 Å². The zero-order chi connectivity index (χ0) is 33.2. The fourth-order valence-electron chi connectivity index (χ4n) is 5.89. The molecule has 4 aromatic rings. The molecule has 0 radical (unpaired) electrons. The molecule has 0 saturated heterocycles. The molecule has 1 atom stereocenters. The maximum Gasteiger partial charge on any atom is 0.264 e. The lowest BCUT2D eigenvalue weighted by molar-refractivity contribution is -0.140. The largest absolute Gasteiger partial charge is 0.497 e. The standard InChI is InChI=1S/C37H41N3O6S/c1-45-32-20-22-34(23-21-32)47(43,44)40(31-17-7-4-8-18-31)27-36(41)39(26-29-14-11-19-33(24-29)46-2)35(25-28-12-5-3-6-13-28)37(42)38-30-15-9-10-16-30/h3-8,11-14,17-24,30,35H,9-10,15-16,25-27H2,1-2H3,(H,38,42). The van der Waals surface area contributed by atoms with Gasteiger partial charge in [0.1, 0.15) is 24.1 Å². The molecule has 10 heteroatoms. The number of hydrogen-bond donors (Lipinski definition) is 1. The number of methoxy groups -OCH3 is 2. The van der Waals surface area contributed by atoms with E-state index >= 15 is 0 Å². The van der Waals surface area contributed by atoms with Crippen molar-refractivity contribution in [3.63, 3.8) is 0 Å². The van der Waals surface area contributed by atoms with Crippen LogP contribution in [0.3, 0.4) is 0 Å². The smallest absolute Gasteiger partial charge is 0.264 e. The summed E-state index contributed by atoms with van der Waals surface area (Å²) in [5.74, 6) is 0.336. The molecule has 0 aliphatic heterocycles. The lowest BCUT2D eigenvalue weighted by atomic mass is 10.0. The molecule has 5 rings (SSSR count). The monoisotopic (exact) mass is 655 g/mol. The number of rotatable bonds is 14. The number of carbonyl (C=O) groups excluding carboxylic acids is 2. The highest BCUT2D eigenvalue weighted by Crippen LogP contribution is 2.27. The van der Waals surface area contributed by atoms with E-state index in [0.29, 0.717) is 17.2 Å². The molecule has 1 saturated carbocycles. The first-order valence-corrected chi connectivity index (χ1v) is 17.2. The van der Waals surface area contributed by atoms with E-state index in [-0.39, 0.29) is 29.8 Å². The molecular weight excluding hydrogens is 614 g/mol. The van der Waals surface area contributed by atoms with Crippen molar-refractivity contribution in [3.8, 4) is 11.5 Å². The van der Waals surface area contributed by atoms with Crippen molar-refractivity contribution in [2.45, 2.75) is 55.6 Å². The van der Waals surface area contributed by atoms with Gasteiger partial charge in [0.15, 0.2) is 0 Å². The number of amides is 2. The Balaban J connectivity index is 1.55. The highest BCUT2D eigenvalue weighted by atomic mass is 32.2. The van der Waals surface area contributed by atoms with Crippen LogP contribution in [0.1, 0.15) is 36.8 Å². The Morgan fingerprint density at radius 1 is 0.787 bits per heavy atom. The first-order valence-electron chi connectivity index (χ1n) is 15.8.